The van der Waals surface area contributed by atoms with Crippen LogP contribution in [0.25, 0.3) is 0 Å². The van der Waals surface area contributed by atoms with Crippen LogP contribution >= 0.6 is 0 Å². The van der Waals surface area contributed by atoms with E-state index in [0.29, 0.717) is 23.3 Å². The Morgan fingerprint density at radius 3 is 2.43 bits per heavy atom. The van der Waals surface area contributed by atoms with Crippen molar-refractivity contribution in [3.63, 3.8) is 0 Å². The molecule has 0 heterocycles. The summed E-state index contributed by atoms with van der Waals surface area (Å²) in [6, 6.07) is 0. The maximum atomic E-state index is 11.1. The van der Waals surface area contributed by atoms with Gasteiger partial charge in [-0.15, -0.1) is 0 Å². The van der Waals surface area contributed by atoms with Gasteiger partial charge in [0.25, 0.3) is 0 Å². The lowest BCUT2D eigenvalue weighted by molar-refractivity contribution is -0.169. The highest BCUT2D eigenvalue weighted by atomic mass is 16.3. The largest absolute Gasteiger partial charge is 0.393 e. The monoisotopic (exact) mass is 324 g/mol. The van der Waals surface area contributed by atoms with Crippen LogP contribution < -0.4 is 0 Å². The molecule has 23 heavy (non-hydrogen) atoms. The molecule has 2 rings (SSSR count). The fourth-order valence-corrected chi connectivity index (χ4v) is 5.89. The van der Waals surface area contributed by atoms with E-state index in [1.165, 1.54) is 19.3 Å². The third-order valence-corrected chi connectivity index (χ3v) is 7.16. The zero-order valence-corrected chi connectivity index (χ0v) is 15.4. The van der Waals surface area contributed by atoms with Crippen LogP contribution in [-0.4, -0.2) is 33.6 Å². The molecule has 0 saturated heterocycles. The van der Waals surface area contributed by atoms with E-state index in [4.69, 9.17) is 5.11 Å². The summed E-state index contributed by atoms with van der Waals surface area (Å²) in [5.74, 6) is 0.862. The van der Waals surface area contributed by atoms with Crippen molar-refractivity contribution in [2.24, 2.45) is 22.7 Å². The van der Waals surface area contributed by atoms with E-state index in [-0.39, 0.29) is 17.9 Å². The van der Waals surface area contributed by atoms with Gasteiger partial charge in [0.2, 0.25) is 0 Å². The molecule has 3 nitrogen and oxygen atoms in total. The predicted molar refractivity (Wildman–Crippen MR) is 94.0 cm³/mol. The highest BCUT2D eigenvalue weighted by molar-refractivity contribution is 5.09. The number of fused-ring (bicyclic) bond motifs is 1. The Kier molecular flexibility index (Phi) is 5.35. The second-order valence-electron chi connectivity index (χ2n) is 9.24. The summed E-state index contributed by atoms with van der Waals surface area (Å²) in [5.41, 5.74) is 0.518. The lowest BCUT2D eigenvalue weighted by atomic mass is 9.45. The molecular weight excluding hydrogens is 288 g/mol. The summed E-state index contributed by atoms with van der Waals surface area (Å²) in [5, 5.41) is 29.9. The second kappa shape index (κ2) is 6.50. The molecule has 0 aromatic rings. The fourth-order valence-electron chi connectivity index (χ4n) is 5.89. The first-order valence-electron chi connectivity index (χ1n) is 9.23. The maximum absolute atomic E-state index is 11.1. The van der Waals surface area contributed by atoms with Gasteiger partial charge < -0.3 is 15.3 Å². The zero-order valence-electron chi connectivity index (χ0n) is 15.4. The number of hydrogen-bond donors (Lipinski definition) is 3. The van der Waals surface area contributed by atoms with Crippen LogP contribution in [-0.2, 0) is 0 Å². The normalized spacial score (nSPS) is 41.2. The van der Waals surface area contributed by atoms with Gasteiger partial charge in [0.1, 0.15) is 0 Å². The first kappa shape index (κ1) is 19.0. The average Bonchev–Trinajstić information content (AvgIpc) is 2.43. The van der Waals surface area contributed by atoms with E-state index < -0.39 is 11.7 Å². The Labute approximate surface area is 141 Å². The van der Waals surface area contributed by atoms with Gasteiger partial charge in [0, 0.05) is 0 Å². The van der Waals surface area contributed by atoms with Gasteiger partial charge >= 0.3 is 0 Å². The minimum Gasteiger partial charge on any atom is -0.393 e. The van der Waals surface area contributed by atoms with E-state index in [0.717, 1.165) is 19.3 Å². The number of aliphatic hydroxyl groups is 3. The Bertz CT molecular complexity index is 440. The molecule has 0 unspecified atom stereocenters. The molecule has 2 saturated carbocycles. The van der Waals surface area contributed by atoms with Crippen LogP contribution in [0.3, 0.4) is 0 Å². The summed E-state index contributed by atoms with van der Waals surface area (Å²) >= 11 is 0. The lowest BCUT2D eigenvalue weighted by Gasteiger charge is -2.61. The Morgan fingerprint density at radius 2 is 1.83 bits per heavy atom. The van der Waals surface area contributed by atoms with Crippen LogP contribution in [0.4, 0.5) is 0 Å². The van der Waals surface area contributed by atoms with E-state index in [1.54, 1.807) is 0 Å². The standard InChI is InChI=1S/C20H36O3/c1-14(15(22)13-21)7-8-17-19(4)11-6-10-18(2,3)16(19)9-12-20(17,5)23/h15-17,21-23H,1,6-13H2,2-5H3/t15-,16+,17-,19-,20-/m1/s1. The molecule has 2 aliphatic carbocycles. The molecule has 0 spiro atoms. The summed E-state index contributed by atoms with van der Waals surface area (Å²) in [7, 11) is 0. The third kappa shape index (κ3) is 3.52. The van der Waals surface area contributed by atoms with Gasteiger partial charge in [0.05, 0.1) is 18.3 Å². The van der Waals surface area contributed by atoms with Crippen molar-refractivity contribution < 1.29 is 15.3 Å². The lowest BCUT2D eigenvalue weighted by Crippen LogP contribution is -2.57. The highest BCUT2D eigenvalue weighted by Gasteiger charge is 2.57. The molecule has 0 aliphatic heterocycles. The van der Waals surface area contributed by atoms with Crippen molar-refractivity contribution in [1.82, 2.24) is 0 Å². The summed E-state index contributed by atoms with van der Waals surface area (Å²) in [6.07, 6.45) is 6.32. The van der Waals surface area contributed by atoms with Gasteiger partial charge in [-0.3, -0.25) is 0 Å². The Morgan fingerprint density at radius 1 is 1.17 bits per heavy atom. The van der Waals surface area contributed by atoms with E-state index in [1.807, 2.05) is 6.92 Å². The van der Waals surface area contributed by atoms with Gasteiger partial charge in [-0.25, -0.2) is 0 Å². The van der Waals surface area contributed by atoms with E-state index in [9.17, 15) is 10.2 Å². The smallest absolute Gasteiger partial charge is 0.0978 e. The van der Waals surface area contributed by atoms with Crippen LogP contribution in [0.1, 0.15) is 72.6 Å². The molecule has 0 aromatic carbocycles. The molecule has 134 valence electrons. The van der Waals surface area contributed by atoms with Crippen LogP contribution in [0.5, 0.6) is 0 Å². The van der Waals surface area contributed by atoms with Gasteiger partial charge in [-0.2, -0.15) is 0 Å². The molecule has 2 aliphatic rings. The summed E-state index contributed by atoms with van der Waals surface area (Å²) < 4.78 is 0. The maximum Gasteiger partial charge on any atom is 0.0978 e. The Balaban J connectivity index is 2.21. The van der Waals surface area contributed by atoms with Crippen molar-refractivity contribution in [2.45, 2.75) is 84.3 Å². The van der Waals surface area contributed by atoms with Crippen LogP contribution in [0.2, 0.25) is 0 Å². The quantitative estimate of drug-likeness (QED) is 0.676. The summed E-state index contributed by atoms with van der Waals surface area (Å²) in [4.78, 5) is 0. The van der Waals surface area contributed by atoms with Crippen molar-refractivity contribution in [3.05, 3.63) is 12.2 Å². The van der Waals surface area contributed by atoms with Crippen molar-refractivity contribution in [3.8, 4) is 0 Å². The number of rotatable bonds is 5. The van der Waals surface area contributed by atoms with Gasteiger partial charge in [-0.1, -0.05) is 33.8 Å². The minimum absolute atomic E-state index is 0.147. The van der Waals surface area contributed by atoms with Crippen molar-refractivity contribution in [1.29, 1.82) is 0 Å². The van der Waals surface area contributed by atoms with Crippen LogP contribution in [0.15, 0.2) is 12.2 Å². The topological polar surface area (TPSA) is 60.7 Å². The molecule has 5 atom stereocenters. The third-order valence-electron chi connectivity index (χ3n) is 7.16. The number of aliphatic hydroxyl groups excluding tert-OH is 2. The molecule has 3 N–H and O–H groups in total. The van der Waals surface area contributed by atoms with Crippen molar-refractivity contribution >= 4 is 0 Å². The average molecular weight is 325 g/mol. The number of hydrogen-bond acceptors (Lipinski definition) is 3. The van der Waals surface area contributed by atoms with E-state index in [2.05, 4.69) is 27.4 Å². The van der Waals surface area contributed by atoms with Gasteiger partial charge in [-0.05, 0) is 73.7 Å². The SMILES string of the molecule is C=C(CC[C@@H]1[C@]2(C)CCCC(C)(C)[C@@H]2CC[C@@]1(C)O)[C@H](O)CO. The molecule has 2 fully saturated rings. The van der Waals surface area contributed by atoms with Gasteiger partial charge in [0.15, 0.2) is 0 Å². The molecule has 0 amide bonds. The Hall–Kier alpha value is -0.380. The molecule has 0 radical (unpaired) electrons. The van der Waals surface area contributed by atoms with Crippen LogP contribution in [0, 0.1) is 22.7 Å². The molecule has 3 heteroatoms. The first-order chi connectivity index (χ1) is 10.5. The second-order valence-corrected chi connectivity index (χ2v) is 9.24. The predicted octanol–water partition coefficient (Wildman–Crippen LogP) is 3.67. The first-order valence-corrected chi connectivity index (χ1v) is 9.23. The molecule has 0 aromatic heterocycles. The zero-order chi connectivity index (χ0) is 17.5. The molecular formula is C20H36O3. The highest BCUT2D eigenvalue weighted by Crippen LogP contribution is 2.62. The summed E-state index contributed by atoms with van der Waals surface area (Å²) in [6.45, 7) is 12.8. The molecule has 0 bridgehead atoms. The fraction of sp³-hybridized carbons (Fsp3) is 0.900. The van der Waals surface area contributed by atoms with Crippen molar-refractivity contribution in [2.75, 3.05) is 6.61 Å². The minimum atomic E-state index is -0.838. The van der Waals surface area contributed by atoms with E-state index >= 15 is 0 Å².